The molecule has 0 atom stereocenters. The van der Waals surface area contributed by atoms with Gasteiger partial charge in [0, 0.05) is 6.54 Å². The van der Waals surface area contributed by atoms with E-state index in [2.05, 4.69) is 0 Å². The molecule has 0 rings (SSSR count). The van der Waals surface area contributed by atoms with E-state index in [1.807, 2.05) is 0 Å². The molecule has 0 aliphatic carbocycles. The second kappa shape index (κ2) is 4.31. The van der Waals surface area contributed by atoms with Gasteiger partial charge in [0.05, 0.1) is 5.75 Å². The fraction of sp³-hybridized carbons (Fsp3) is 1.00. The molecule has 7 nitrogen and oxygen atoms in total. The van der Waals surface area contributed by atoms with Crippen LogP contribution in [0, 0.1) is 0 Å². The SMILES string of the molecule is CN(CCCS(=O)(=O)O)C(O)(O)O. The van der Waals surface area contributed by atoms with Gasteiger partial charge in [0.1, 0.15) is 0 Å². The predicted molar refractivity (Wildman–Crippen MR) is 43.1 cm³/mol. The average Bonchev–Trinajstić information content (AvgIpc) is 1.82. The Morgan fingerprint density at radius 3 is 2.08 bits per heavy atom. The van der Waals surface area contributed by atoms with E-state index in [0.29, 0.717) is 0 Å². The molecule has 80 valence electrons. The largest absolute Gasteiger partial charge is 0.345 e. The van der Waals surface area contributed by atoms with Crippen molar-refractivity contribution in [1.82, 2.24) is 4.90 Å². The number of hydrogen-bond donors (Lipinski definition) is 4. The fourth-order valence-corrected chi connectivity index (χ4v) is 1.13. The Labute approximate surface area is 76.0 Å². The van der Waals surface area contributed by atoms with E-state index in [0.717, 1.165) is 4.90 Å². The van der Waals surface area contributed by atoms with Crippen molar-refractivity contribution in [3.05, 3.63) is 0 Å². The molecular formula is C5H13NO6S. The first-order chi connectivity index (χ1) is 5.63. The molecule has 8 heteroatoms. The molecule has 0 fully saturated rings. The lowest BCUT2D eigenvalue weighted by molar-refractivity contribution is -0.387. The van der Waals surface area contributed by atoms with Gasteiger partial charge < -0.3 is 15.3 Å². The number of nitrogens with zero attached hydrogens (tertiary/aromatic N) is 1. The van der Waals surface area contributed by atoms with Gasteiger partial charge in [-0.25, -0.2) is 4.90 Å². The molecule has 4 N–H and O–H groups in total. The maximum absolute atomic E-state index is 10.2. The lowest BCUT2D eigenvalue weighted by Crippen LogP contribution is -2.46. The van der Waals surface area contributed by atoms with Crippen LogP contribution < -0.4 is 0 Å². The van der Waals surface area contributed by atoms with Crippen LogP contribution in [0.15, 0.2) is 0 Å². The molecule has 0 aromatic rings. The molecule has 0 aromatic heterocycles. The van der Waals surface area contributed by atoms with Crippen LogP contribution in [0.2, 0.25) is 0 Å². The highest BCUT2D eigenvalue weighted by Gasteiger charge is 2.24. The Bertz CT molecular complexity index is 242. The normalized spacial score (nSPS) is 13.7. The molecule has 0 amide bonds. The summed E-state index contributed by atoms with van der Waals surface area (Å²) in [5, 5.41) is 25.6. The minimum absolute atomic E-state index is 0.0151. The summed E-state index contributed by atoms with van der Waals surface area (Å²) in [6.45, 7) is -0.0801. The summed E-state index contributed by atoms with van der Waals surface area (Å²) in [5.41, 5.74) is 0. The van der Waals surface area contributed by atoms with Crippen molar-refractivity contribution in [1.29, 1.82) is 0 Å². The van der Waals surface area contributed by atoms with E-state index in [-0.39, 0.29) is 13.0 Å². The maximum Gasteiger partial charge on any atom is 0.345 e. The Kier molecular flexibility index (Phi) is 4.23. The minimum atomic E-state index is -4.04. The summed E-state index contributed by atoms with van der Waals surface area (Å²) in [4.78, 5) is 0.720. The molecular weight excluding hydrogens is 202 g/mol. The van der Waals surface area contributed by atoms with Crippen molar-refractivity contribution in [2.45, 2.75) is 12.5 Å². The molecule has 0 saturated heterocycles. The Morgan fingerprint density at radius 1 is 1.31 bits per heavy atom. The van der Waals surface area contributed by atoms with E-state index in [4.69, 9.17) is 19.9 Å². The molecule has 0 aliphatic heterocycles. The van der Waals surface area contributed by atoms with Gasteiger partial charge in [0.25, 0.3) is 10.1 Å². The molecule has 0 aliphatic rings. The first kappa shape index (κ1) is 12.8. The highest BCUT2D eigenvalue weighted by atomic mass is 32.2. The first-order valence-corrected chi connectivity index (χ1v) is 5.07. The molecule has 0 heterocycles. The smallest absolute Gasteiger partial charge is 0.330 e. The third-order valence-corrected chi connectivity index (χ3v) is 2.21. The van der Waals surface area contributed by atoms with Crippen LogP contribution in [-0.4, -0.2) is 58.6 Å². The van der Waals surface area contributed by atoms with Gasteiger partial charge in [-0.2, -0.15) is 8.42 Å². The zero-order valence-corrected chi connectivity index (χ0v) is 7.90. The molecule has 13 heavy (non-hydrogen) atoms. The van der Waals surface area contributed by atoms with E-state index >= 15 is 0 Å². The minimum Gasteiger partial charge on any atom is -0.330 e. The molecule has 0 spiro atoms. The molecule has 0 unspecified atom stereocenters. The van der Waals surface area contributed by atoms with Crippen molar-refractivity contribution in [2.24, 2.45) is 0 Å². The van der Waals surface area contributed by atoms with Gasteiger partial charge in [-0.05, 0) is 13.5 Å². The lowest BCUT2D eigenvalue weighted by atomic mass is 10.4. The third kappa shape index (κ3) is 6.87. The average molecular weight is 215 g/mol. The topological polar surface area (TPSA) is 118 Å². The zero-order valence-electron chi connectivity index (χ0n) is 7.08. The molecule has 0 aromatic carbocycles. The third-order valence-electron chi connectivity index (χ3n) is 1.41. The van der Waals surface area contributed by atoms with Gasteiger partial charge in [-0.15, -0.1) is 0 Å². The van der Waals surface area contributed by atoms with Crippen LogP contribution in [0.4, 0.5) is 0 Å². The monoisotopic (exact) mass is 215 g/mol. The van der Waals surface area contributed by atoms with Gasteiger partial charge >= 0.3 is 6.10 Å². The van der Waals surface area contributed by atoms with Gasteiger partial charge in [0.2, 0.25) is 0 Å². The highest BCUT2D eigenvalue weighted by Crippen LogP contribution is 2.01. The fourth-order valence-electron chi connectivity index (χ4n) is 0.634. The number of rotatable bonds is 5. The second-order valence-electron chi connectivity index (χ2n) is 2.66. The summed E-state index contributed by atoms with van der Waals surface area (Å²) >= 11 is 0. The van der Waals surface area contributed by atoms with Crippen molar-refractivity contribution in [3.8, 4) is 0 Å². The molecule has 0 saturated carbocycles. The van der Waals surface area contributed by atoms with Crippen molar-refractivity contribution in [3.63, 3.8) is 0 Å². The molecule has 0 bridgehead atoms. The van der Waals surface area contributed by atoms with Crippen molar-refractivity contribution in [2.75, 3.05) is 19.3 Å². The van der Waals surface area contributed by atoms with E-state index in [1.165, 1.54) is 7.05 Å². The van der Waals surface area contributed by atoms with Crippen molar-refractivity contribution < 1.29 is 28.3 Å². The summed E-state index contributed by atoms with van der Waals surface area (Å²) in [5.74, 6) is -0.493. The van der Waals surface area contributed by atoms with Crippen LogP contribution in [0.3, 0.4) is 0 Å². The summed E-state index contributed by atoms with van der Waals surface area (Å²) < 4.78 is 28.7. The standard InChI is InChI=1S/C5H13NO6S/c1-6(5(7,8)9)3-2-4-13(10,11)12/h7-9H,2-4H2,1H3,(H,10,11,12). The van der Waals surface area contributed by atoms with Gasteiger partial charge in [-0.3, -0.25) is 4.55 Å². The predicted octanol–water partition coefficient (Wildman–Crippen LogP) is -2.22. The van der Waals surface area contributed by atoms with Gasteiger partial charge in [-0.1, -0.05) is 0 Å². The van der Waals surface area contributed by atoms with E-state index < -0.39 is 22.0 Å². The van der Waals surface area contributed by atoms with Crippen LogP contribution in [-0.2, 0) is 10.1 Å². The maximum atomic E-state index is 10.2. The molecule has 0 radical (unpaired) electrons. The zero-order chi connectivity index (χ0) is 10.7. The quantitative estimate of drug-likeness (QED) is 0.303. The van der Waals surface area contributed by atoms with Crippen LogP contribution >= 0.6 is 0 Å². The summed E-state index contributed by atoms with van der Waals surface area (Å²) in [6.07, 6.45) is -2.97. The van der Waals surface area contributed by atoms with Crippen LogP contribution in [0.25, 0.3) is 0 Å². The van der Waals surface area contributed by atoms with Crippen LogP contribution in [0.5, 0.6) is 0 Å². The van der Waals surface area contributed by atoms with E-state index in [1.54, 1.807) is 0 Å². The lowest BCUT2D eigenvalue weighted by Gasteiger charge is -2.25. The van der Waals surface area contributed by atoms with E-state index in [9.17, 15) is 8.42 Å². The Balaban J connectivity index is 3.80. The second-order valence-corrected chi connectivity index (χ2v) is 4.23. The Hall–Kier alpha value is -0.250. The first-order valence-electron chi connectivity index (χ1n) is 3.46. The summed E-state index contributed by atoms with van der Waals surface area (Å²) in [7, 11) is -2.85. The summed E-state index contributed by atoms with van der Waals surface area (Å²) in [6, 6.07) is 0. The van der Waals surface area contributed by atoms with Gasteiger partial charge in [0.15, 0.2) is 0 Å². The van der Waals surface area contributed by atoms with Crippen molar-refractivity contribution >= 4 is 10.1 Å². The number of aliphatic hydroxyl groups is 3. The van der Waals surface area contributed by atoms with Crippen LogP contribution in [0.1, 0.15) is 6.42 Å². The Morgan fingerprint density at radius 2 is 1.77 bits per heavy atom. The number of hydrogen-bond acceptors (Lipinski definition) is 6. The highest BCUT2D eigenvalue weighted by molar-refractivity contribution is 7.85.